The number of carbonyl (C=O) groups excluding carboxylic acids is 2. The lowest BCUT2D eigenvalue weighted by atomic mass is 10.2. The van der Waals surface area contributed by atoms with E-state index in [0.29, 0.717) is 36.0 Å². The fraction of sp³-hybridized carbons (Fsp3) is 0.167. The van der Waals surface area contributed by atoms with Crippen molar-refractivity contribution in [3.05, 3.63) is 89.5 Å². The van der Waals surface area contributed by atoms with Crippen molar-refractivity contribution in [1.82, 2.24) is 5.32 Å². The van der Waals surface area contributed by atoms with Gasteiger partial charge in [-0.2, -0.15) is 0 Å². The molecule has 7 nitrogen and oxygen atoms in total. The van der Waals surface area contributed by atoms with Crippen LogP contribution in [0.25, 0.3) is 0 Å². The van der Waals surface area contributed by atoms with Crippen LogP contribution in [0.1, 0.15) is 21.5 Å². The average molecular weight is 420 g/mol. The third kappa shape index (κ3) is 6.50. The van der Waals surface area contributed by atoms with Crippen LogP contribution in [0, 0.1) is 0 Å². The van der Waals surface area contributed by atoms with E-state index in [4.69, 9.17) is 19.9 Å². The molecule has 0 saturated carbocycles. The zero-order valence-corrected chi connectivity index (χ0v) is 17.2. The van der Waals surface area contributed by atoms with Crippen molar-refractivity contribution in [2.45, 2.75) is 13.2 Å². The standard InChI is InChI=1S/C24H24N2O5/c1-29-22-12-18(10-11-21(22)31-15-17-6-3-2-4-7-17)14-26-23(27)16-30-20-9-5-8-19(13-20)24(25)28/h2-13H,14-16H2,1H3,(H2,25,28)(H,26,27). The highest BCUT2D eigenvalue weighted by Crippen LogP contribution is 2.28. The summed E-state index contributed by atoms with van der Waals surface area (Å²) in [5, 5.41) is 2.78. The first-order chi connectivity index (χ1) is 15.0. The van der Waals surface area contributed by atoms with Crippen LogP contribution in [-0.4, -0.2) is 25.5 Å². The lowest BCUT2D eigenvalue weighted by Gasteiger charge is -2.13. The minimum absolute atomic E-state index is 0.183. The molecule has 0 aromatic heterocycles. The predicted octanol–water partition coefficient (Wildman–Crippen LogP) is 3.07. The van der Waals surface area contributed by atoms with Gasteiger partial charge in [-0.3, -0.25) is 9.59 Å². The molecule has 0 unspecified atom stereocenters. The Labute approximate surface area is 180 Å². The number of rotatable bonds is 10. The second kappa shape index (κ2) is 10.7. The molecule has 3 N–H and O–H groups in total. The van der Waals surface area contributed by atoms with E-state index in [9.17, 15) is 9.59 Å². The summed E-state index contributed by atoms with van der Waals surface area (Å²) in [6, 6.07) is 21.7. The molecule has 0 bridgehead atoms. The third-order valence-corrected chi connectivity index (χ3v) is 4.44. The first-order valence-corrected chi connectivity index (χ1v) is 9.68. The first kappa shape index (κ1) is 21.7. The van der Waals surface area contributed by atoms with Crippen LogP contribution in [0.3, 0.4) is 0 Å². The fourth-order valence-corrected chi connectivity index (χ4v) is 2.82. The number of hydrogen-bond acceptors (Lipinski definition) is 5. The van der Waals surface area contributed by atoms with E-state index in [1.165, 1.54) is 6.07 Å². The van der Waals surface area contributed by atoms with Crippen LogP contribution in [-0.2, 0) is 17.9 Å². The fourth-order valence-electron chi connectivity index (χ4n) is 2.82. The van der Waals surface area contributed by atoms with Gasteiger partial charge in [0.2, 0.25) is 5.91 Å². The largest absolute Gasteiger partial charge is 0.493 e. The van der Waals surface area contributed by atoms with Crippen LogP contribution in [0.2, 0.25) is 0 Å². The normalized spacial score (nSPS) is 10.2. The van der Waals surface area contributed by atoms with Crippen LogP contribution in [0.4, 0.5) is 0 Å². The van der Waals surface area contributed by atoms with Gasteiger partial charge in [0.25, 0.3) is 5.91 Å². The van der Waals surface area contributed by atoms with E-state index >= 15 is 0 Å². The van der Waals surface area contributed by atoms with Crippen LogP contribution in [0.15, 0.2) is 72.8 Å². The minimum atomic E-state index is -0.556. The monoisotopic (exact) mass is 420 g/mol. The molecule has 0 radical (unpaired) electrons. The van der Waals surface area contributed by atoms with Crippen molar-refractivity contribution in [2.24, 2.45) is 5.73 Å². The number of carbonyl (C=O) groups is 2. The van der Waals surface area contributed by atoms with Gasteiger partial charge in [-0.05, 0) is 41.5 Å². The molecule has 3 aromatic rings. The highest BCUT2D eigenvalue weighted by atomic mass is 16.5. The molecule has 2 amide bonds. The van der Waals surface area contributed by atoms with Crippen molar-refractivity contribution in [1.29, 1.82) is 0 Å². The number of nitrogens with two attached hydrogens (primary N) is 1. The number of nitrogens with one attached hydrogen (secondary N) is 1. The molecule has 3 aromatic carbocycles. The number of hydrogen-bond donors (Lipinski definition) is 2. The van der Waals surface area contributed by atoms with Crippen LogP contribution in [0.5, 0.6) is 17.2 Å². The molecule has 0 fully saturated rings. The summed E-state index contributed by atoms with van der Waals surface area (Å²) < 4.78 is 16.7. The van der Waals surface area contributed by atoms with E-state index in [2.05, 4.69) is 5.32 Å². The third-order valence-electron chi connectivity index (χ3n) is 4.44. The Kier molecular flexibility index (Phi) is 7.48. The topological polar surface area (TPSA) is 99.9 Å². The SMILES string of the molecule is COc1cc(CNC(=O)COc2cccc(C(N)=O)c2)ccc1OCc1ccccc1. The Morgan fingerprint density at radius 2 is 1.68 bits per heavy atom. The second-order valence-electron chi connectivity index (χ2n) is 6.72. The molecule has 0 aliphatic heterocycles. The second-order valence-corrected chi connectivity index (χ2v) is 6.72. The van der Waals surface area contributed by atoms with E-state index < -0.39 is 5.91 Å². The van der Waals surface area contributed by atoms with E-state index in [-0.39, 0.29) is 12.5 Å². The first-order valence-electron chi connectivity index (χ1n) is 9.68. The van der Waals surface area contributed by atoms with Gasteiger partial charge >= 0.3 is 0 Å². The molecule has 0 aliphatic carbocycles. The van der Waals surface area contributed by atoms with E-state index in [1.54, 1.807) is 25.3 Å². The number of benzene rings is 3. The number of ether oxygens (including phenoxy) is 3. The quantitative estimate of drug-likeness (QED) is 0.525. The lowest BCUT2D eigenvalue weighted by molar-refractivity contribution is -0.123. The van der Waals surface area contributed by atoms with Crippen molar-refractivity contribution >= 4 is 11.8 Å². The highest BCUT2D eigenvalue weighted by molar-refractivity contribution is 5.93. The minimum Gasteiger partial charge on any atom is -0.493 e. The van der Waals surface area contributed by atoms with Crippen molar-refractivity contribution < 1.29 is 23.8 Å². The molecular weight excluding hydrogens is 396 g/mol. The summed E-state index contributed by atoms with van der Waals surface area (Å²) in [5.74, 6) is 0.752. The molecule has 3 rings (SSSR count). The molecule has 0 atom stereocenters. The maximum Gasteiger partial charge on any atom is 0.258 e. The summed E-state index contributed by atoms with van der Waals surface area (Å²) in [4.78, 5) is 23.3. The van der Waals surface area contributed by atoms with E-state index in [1.807, 2.05) is 48.5 Å². The van der Waals surface area contributed by atoms with Gasteiger partial charge < -0.3 is 25.3 Å². The zero-order valence-electron chi connectivity index (χ0n) is 17.2. The van der Waals surface area contributed by atoms with Crippen LogP contribution >= 0.6 is 0 Å². The molecule has 160 valence electrons. The Balaban J connectivity index is 1.51. The van der Waals surface area contributed by atoms with Crippen molar-refractivity contribution in [3.63, 3.8) is 0 Å². The molecule has 7 heteroatoms. The van der Waals surface area contributed by atoms with Gasteiger partial charge in [0, 0.05) is 12.1 Å². The Hall–Kier alpha value is -4.00. The lowest BCUT2D eigenvalue weighted by Crippen LogP contribution is -2.28. The molecule has 0 saturated heterocycles. The average Bonchev–Trinajstić information content (AvgIpc) is 2.81. The zero-order chi connectivity index (χ0) is 22.1. The predicted molar refractivity (Wildman–Crippen MR) is 116 cm³/mol. The molecule has 0 heterocycles. The van der Waals surface area contributed by atoms with Gasteiger partial charge in [0.05, 0.1) is 7.11 Å². The molecule has 0 aliphatic rings. The van der Waals surface area contributed by atoms with Gasteiger partial charge in [-0.1, -0.05) is 42.5 Å². The molecule has 0 spiro atoms. The molecule has 31 heavy (non-hydrogen) atoms. The summed E-state index contributed by atoms with van der Waals surface area (Å²) in [7, 11) is 1.57. The van der Waals surface area contributed by atoms with Crippen LogP contribution < -0.4 is 25.3 Å². The maximum atomic E-state index is 12.1. The molecular formula is C24H24N2O5. The Morgan fingerprint density at radius 1 is 0.871 bits per heavy atom. The van der Waals surface area contributed by atoms with Gasteiger partial charge in [-0.25, -0.2) is 0 Å². The summed E-state index contributed by atoms with van der Waals surface area (Å²) in [6.07, 6.45) is 0. The number of primary amides is 1. The van der Waals surface area contributed by atoms with Crippen molar-refractivity contribution in [2.75, 3.05) is 13.7 Å². The summed E-state index contributed by atoms with van der Waals surface area (Å²) >= 11 is 0. The van der Waals surface area contributed by atoms with Gasteiger partial charge in [-0.15, -0.1) is 0 Å². The van der Waals surface area contributed by atoms with Gasteiger partial charge in [0.1, 0.15) is 12.4 Å². The number of methoxy groups -OCH3 is 1. The highest BCUT2D eigenvalue weighted by Gasteiger charge is 2.09. The Morgan fingerprint density at radius 3 is 2.42 bits per heavy atom. The number of amides is 2. The van der Waals surface area contributed by atoms with E-state index in [0.717, 1.165) is 11.1 Å². The smallest absolute Gasteiger partial charge is 0.258 e. The van der Waals surface area contributed by atoms with Crippen molar-refractivity contribution in [3.8, 4) is 17.2 Å². The maximum absolute atomic E-state index is 12.1. The summed E-state index contributed by atoms with van der Waals surface area (Å²) in [6.45, 7) is 0.554. The summed E-state index contributed by atoms with van der Waals surface area (Å²) in [5.41, 5.74) is 7.47. The van der Waals surface area contributed by atoms with Gasteiger partial charge in [0.15, 0.2) is 18.1 Å². The Bertz CT molecular complexity index is 1040.